The van der Waals surface area contributed by atoms with Crippen molar-refractivity contribution in [2.24, 2.45) is 0 Å². The molecule has 8 nitrogen and oxygen atoms in total. The number of methoxy groups -OCH3 is 2. The lowest BCUT2D eigenvalue weighted by Gasteiger charge is -2.11. The van der Waals surface area contributed by atoms with Crippen molar-refractivity contribution in [3.05, 3.63) is 68.7 Å². The van der Waals surface area contributed by atoms with Crippen LogP contribution in [0.15, 0.2) is 52.1 Å². The summed E-state index contributed by atoms with van der Waals surface area (Å²) in [6.45, 7) is 0.417. The van der Waals surface area contributed by atoms with Crippen molar-refractivity contribution < 1.29 is 14.3 Å². The number of benzene rings is 2. The van der Waals surface area contributed by atoms with E-state index in [4.69, 9.17) is 9.47 Å². The molecule has 0 aliphatic rings. The normalized spacial score (nSPS) is 10.6. The second-order valence-electron chi connectivity index (χ2n) is 6.14. The van der Waals surface area contributed by atoms with E-state index in [0.29, 0.717) is 22.5 Å². The molecule has 146 valence electrons. The highest BCUT2D eigenvalue weighted by atomic mass is 16.5. The van der Waals surface area contributed by atoms with Crippen LogP contribution in [0.3, 0.4) is 0 Å². The van der Waals surface area contributed by atoms with Gasteiger partial charge in [0.05, 0.1) is 31.7 Å². The molecule has 28 heavy (non-hydrogen) atoms. The molecule has 1 amide bonds. The number of hydrogen-bond acceptors (Lipinski definition) is 5. The molecule has 0 saturated heterocycles. The number of aromatic amines is 1. The van der Waals surface area contributed by atoms with Gasteiger partial charge in [0.2, 0.25) is 5.91 Å². The number of carbonyl (C=O) groups is 1. The Bertz CT molecular complexity index is 1120. The average Bonchev–Trinajstić information content (AvgIpc) is 2.70. The van der Waals surface area contributed by atoms with Gasteiger partial charge in [-0.25, -0.2) is 0 Å². The second-order valence-corrected chi connectivity index (χ2v) is 6.14. The molecule has 3 aromatic rings. The maximum atomic E-state index is 12.2. The van der Waals surface area contributed by atoms with E-state index in [-0.39, 0.29) is 25.4 Å². The van der Waals surface area contributed by atoms with Crippen molar-refractivity contribution in [1.82, 2.24) is 14.9 Å². The van der Waals surface area contributed by atoms with Crippen LogP contribution in [-0.2, 0) is 17.8 Å². The molecule has 0 saturated carbocycles. The Morgan fingerprint density at radius 2 is 1.82 bits per heavy atom. The number of para-hydroxylation sites is 2. The lowest BCUT2D eigenvalue weighted by atomic mass is 10.1. The average molecular weight is 383 g/mol. The van der Waals surface area contributed by atoms with Crippen LogP contribution in [0.5, 0.6) is 11.5 Å². The van der Waals surface area contributed by atoms with Gasteiger partial charge in [-0.15, -0.1) is 0 Å². The molecule has 2 aromatic carbocycles. The van der Waals surface area contributed by atoms with Gasteiger partial charge in [0.1, 0.15) is 0 Å². The van der Waals surface area contributed by atoms with Crippen LogP contribution >= 0.6 is 0 Å². The number of fused-ring (bicyclic) bond motifs is 1. The van der Waals surface area contributed by atoms with Gasteiger partial charge < -0.3 is 24.3 Å². The number of nitrogens with zero attached hydrogens (tertiary/aromatic N) is 1. The van der Waals surface area contributed by atoms with Gasteiger partial charge in [0.15, 0.2) is 11.5 Å². The highest BCUT2D eigenvalue weighted by Gasteiger charge is 2.10. The first kappa shape index (κ1) is 19.2. The molecular weight excluding hydrogens is 362 g/mol. The summed E-state index contributed by atoms with van der Waals surface area (Å²) in [5.74, 6) is 0.941. The van der Waals surface area contributed by atoms with Gasteiger partial charge in [-0.2, -0.15) is 0 Å². The van der Waals surface area contributed by atoms with Crippen LogP contribution in [0, 0.1) is 0 Å². The monoisotopic (exact) mass is 383 g/mol. The Balaban J connectivity index is 1.67. The molecule has 2 N–H and O–H groups in total. The fraction of sp³-hybridized carbons (Fsp3) is 0.250. The van der Waals surface area contributed by atoms with Gasteiger partial charge in [-0.05, 0) is 29.8 Å². The SMILES string of the molecule is COc1ccc(CC(=O)NCCn2c(=O)c(=O)[nH]c3ccccc32)cc1OC. The number of hydrogen-bond donors (Lipinski definition) is 2. The molecule has 8 heteroatoms. The lowest BCUT2D eigenvalue weighted by Crippen LogP contribution is -2.39. The van der Waals surface area contributed by atoms with Crippen LogP contribution in [0.1, 0.15) is 5.56 Å². The Kier molecular flexibility index (Phi) is 5.78. The van der Waals surface area contributed by atoms with Crippen molar-refractivity contribution in [1.29, 1.82) is 0 Å². The molecule has 0 unspecified atom stereocenters. The summed E-state index contributed by atoms with van der Waals surface area (Å²) in [6.07, 6.45) is 0.158. The minimum atomic E-state index is -0.685. The fourth-order valence-electron chi connectivity index (χ4n) is 2.99. The predicted molar refractivity (Wildman–Crippen MR) is 105 cm³/mol. The Hall–Kier alpha value is -3.55. The predicted octanol–water partition coefficient (Wildman–Crippen LogP) is 1.07. The van der Waals surface area contributed by atoms with E-state index >= 15 is 0 Å². The quantitative estimate of drug-likeness (QED) is 0.594. The van der Waals surface area contributed by atoms with Gasteiger partial charge >= 0.3 is 11.1 Å². The highest BCUT2D eigenvalue weighted by molar-refractivity contribution is 5.79. The molecule has 0 spiro atoms. The van der Waals surface area contributed by atoms with E-state index in [0.717, 1.165) is 5.56 Å². The van der Waals surface area contributed by atoms with E-state index in [1.165, 1.54) is 11.7 Å². The van der Waals surface area contributed by atoms with Crippen molar-refractivity contribution in [2.45, 2.75) is 13.0 Å². The van der Waals surface area contributed by atoms with Crippen LogP contribution < -0.4 is 25.9 Å². The molecule has 0 aliphatic carbocycles. The number of H-pyrrole nitrogens is 1. The number of amides is 1. The summed E-state index contributed by atoms with van der Waals surface area (Å²) in [5, 5.41) is 2.77. The largest absolute Gasteiger partial charge is 0.493 e. The first-order valence-corrected chi connectivity index (χ1v) is 8.73. The van der Waals surface area contributed by atoms with Crippen LogP contribution in [-0.4, -0.2) is 36.2 Å². The molecule has 0 atom stereocenters. The fourth-order valence-corrected chi connectivity index (χ4v) is 2.99. The Morgan fingerprint density at radius 3 is 2.57 bits per heavy atom. The first-order chi connectivity index (χ1) is 13.5. The summed E-state index contributed by atoms with van der Waals surface area (Å²) in [4.78, 5) is 38.8. The lowest BCUT2D eigenvalue weighted by molar-refractivity contribution is -0.120. The summed E-state index contributed by atoms with van der Waals surface area (Å²) < 4.78 is 11.8. The summed E-state index contributed by atoms with van der Waals surface area (Å²) in [5.41, 5.74) is 0.627. The van der Waals surface area contributed by atoms with Crippen molar-refractivity contribution in [3.8, 4) is 11.5 Å². The second kappa shape index (κ2) is 8.43. The summed E-state index contributed by atoms with van der Waals surface area (Å²) in [7, 11) is 3.08. The molecule has 0 aliphatic heterocycles. The number of aromatic nitrogens is 2. The van der Waals surface area contributed by atoms with E-state index < -0.39 is 11.1 Å². The molecule has 0 radical (unpaired) electrons. The zero-order valence-corrected chi connectivity index (χ0v) is 15.7. The van der Waals surface area contributed by atoms with Gasteiger partial charge in [-0.3, -0.25) is 14.4 Å². The zero-order chi connectivity index (χ0) is 20.1. The molecule has 1 heterocycles. The first-order valence-electron chi connectivity index (χ1n) is 8.73. The Morgan fingerprint density at radius 1 is 1.07 bits per heavy atom. The molecular formula is C20H21N3O5. The summed E-state index contributed by atoms with van der Waals surface area (Å²) >= 11 is 0. The van der Waals surface area contributed by atoms with E-state index in [1.54, 1.807) is 49.6 Å². The molecule has 0 fully saturated rings. The van der Waals surface area contributed by atoms with Crippen molar-refractivity contribution >= 4 is 16.9 Å². The maximum absolute atomic E-state index is 12.2. The van der Waals surface area contributed by atoms with Gasteiger partial charge in [0.25, 0.3) is 0 Å². The van der Waals surface area contributed by atoms with Gasteiger partial charge in [0, 0.05) is 13.1 Å². The third kappa shape index (κ3) is 4.06. The van der Waals surface area contributed by atoms with E-state index in [2.05, 4.69) is 10.3 Å². The van der Waals surface area contributed by atoms with Crippen LogP contribution in [0.4, 0.5) is 0 Å². The van der Waals surface area contributed by atoms with E-state index in [1.807, 2.05) is 0 Å². The zero-order valence-electron chi connectivity index (χ0n) is 15.7. The minimum Gasteiger partial charge on any atom is -0.493 e. The smallest absolute Gasteiger partial charge is 0.316 e. The van der Waals surface area contributed by atoms with Crippen LogP contribution in [0.25, 0.3) is 11.0 Å². The number of carbonyl (C=O) groups excluding carboxylic acids is 1. The van der Waals surface area contributed by atoms with Crippen molar-refractivity contribution in [3.63, 3.8) is 0 Å². The molecule has 3 rings (SSSR count). The number of ether oxygens (including phenoxy) is 2. The Labute approximate surface area is 160 Å². The standard InChI is InChI=1S/C20H21N3O5/c1-27-16-8-7-13(11-17(16)28-2)12-18(24)21-9-10-23-15-6-4-3-5-14(15)22-19(25)20(23)26/h3-8,11H,9-10,12H2,1-2H3,(H,21,24)(H,22,25). The maximum Gasteiger partial charge on any atom is 0.316 e. The third-order valence-electron chi connectivity index (χ3n) is 4.35. The van der Waals surface area contributed by atoms with Crippen LogP contribution in [0.2, 0.25) is 0 Å². The number of nitrogens with one attached hydrogen (secondary N) is 2. The highest BCUT2D eigenvalue weighted by Crippen LogP contribution is 2.27. The molecule has 1 aromatic heterocycles. The van der Waals surface area contributed by atoms with E-state index in [9.17, 15) is 14.4 Å². The van der Waals surface area contributed by atoms with Gasteiger partial charge in [-0.1, -0.05) is 18.2 Å². The summed E-state index contributed by atoms with van der Waals surface area (Å²) in [6, 6.07) is 12.3. The topological polar surface area (TPSA) is 102 Å². The molecule has 0 bridgehead atoms. The third-order valence-corrected chi connectivity index (χ3v) is 4.35. The van der Waals surface area contributed by atoms with Crippen molar-refractivity contribution in [2.75, 3.05) is 20.8 Å². The minimum absolute atomic E-state index is 0.158. The number of rotatable bonds is 7.